The Hall–Kier alpha value is -2.43. The van der Waals surface area contributed by atoms with Crippen LogP contribution in [0.2, 0.25) is 0 Å². The summed E-state index contributed by atoms with van der Waals surface area (Å²) >= 11 is 0. The minimum absolute atomic E-state index is 0.146. The zero-order valence-electron chi connectivity index (χ0n) is 10.3. The van der Waals surface area contributed by atoms with E-state index in [2.05, 4.69) is 4.98 Å². The standard InChI is InChI=1S/C14H12FNO3/c1-9-3-2-4-16-13(9)8-19-12-6-10(14(17)18)5-11(15)7-12/h2-7H,8H2,1H3,(H,17,18). The van der Waals surface area contributed by atoms with Crippen LogP contribution in [0.4, 0.5) is 4.39 Å². The monoisotopic (exact) mass is 261 g/mol. The number of nitrogens with zero attached hydrogens (tertiary/aromatic N) is 1. The maximum absolute atomic E-state index is 13.2. The molecule has 19 heavy (non-hydrogen) atoms. The van der Waals surface area contributed by atoms with E-state index in [1.165, 1.54) is 6.07 Å². The quantitative estimate of drug-likeness (QED) is 0.919. The molecule has 2 aromatic rings. The highest BCUT2D eigenvalue weighted by Gasteiger charge is 2.08. The molecule has 1 heterocycles. The summed E-state index contributed by atoms with van der Waals surface area (Å²) in [5.74, 6) is -1.67. The van der Waals surface area contributed by atoms with Crippen molar-refractivity contribution in [2.75, 3.05) is 0 Å². The lowest BCUT2D eigenvalue weighted by atomic mass is 10.2. The Morgan fingerprint density at radius 1 is 1.42 bits per heavy atom. The Kier molecular flexibility index (Phi) is 3.75. The molecule has 0 fully saturated rings. The van der Waals surface area contributed by atoms with E-state index in [-0.39, 0.29) is 17.9 Å². The minimum Gasteiger partial charge on any atom is -0.487 e. The molecule has 5 heteroatoms. The predicted octanol–water partition coefficient (Wildman–Crippen LogP) is 2.81. The van der Waals surface area contributed by atoms with Gasteiger partial charge in [-0.05, 0) is 30.7 Å². The second-order valence-electron chi connectivity index (χ2n) is 4.04. The Labute approximate surface area is 109 Å². The van der Waals surface area contributed by atoms with Crippen molar-refractivity contribution < 1.29 is 19.0 Å². The topological polar surface area (TPSA) is 59.4 Å². The van der Waals surface area contributed by atoms with E-state index >= 15 is 0 Å². The van der Waals surface area contributed by atoms with Crippen molar-refractivity contribution >= 4 is 5.97 Å². The molecule has 98 valence electrons. The molecular formula is C14H12FNO3. The number of aromatic carboxylic acids is 1. The van der Waals surface area contributed by atoms with Gasteiger partial charge in [-0.1, -0.05) is 6.07 Å². The fourth-order valence-corrected chi connectivity index (χ4v) is 1.59. The SMILES string of the molecule is Cc1cccnc1COc1cc(F)cc(C(=O)O)c1. The number of aryl methyl sites for hydroxylation is 1. The van der Waals surface area contributed by atoms with Gasteiger partial charge < -0.3 is 9.84 Å². The van der Waals surface area contributed by atoms with Crippen molar-refractivity contribution in [2.45, 2.75) is 13.5 Å². The lowest BCUT2D eigenvalue weighted by Gasteiger charge is -2.08. The van der Waals surface area contributed by atoms with E-state index in [4.69, 9.17) is 9.84 Å². The average Bonchev–Trinajstić information content (AvgIpc) is 2.37. The molecule has 0 aliphatic rings. The van der Waals surface area contributed by atoms with Gasteiger partial charge in [0.05, 0.1) is 11.3 Å². The number of carboxylic acid groups (broad SMARTS) is 1. The van der Waals surface area contributed by atoms with Crippen LogP contribution in [0.15, 0.2) is 36.5 Å². The second-order valence-corrected chi connectivity index (χ2v) is 4.04. The highest BCUT2D eigenvalue weighted by Crippen LogP contribution is 2.18. The summed E-state index contributed by atoms with van der Waals surface area (Å²) in [4.78, 5) is 14.9. The van der Waals surface area contributed by atoms with Gasteiger partial charge in [0.1, 0.15) is 18.2 Å². The number of hydrogen-bond acceptors (Lipinski definition) is 3. The zero-order chi connectivity index (χ0) is 13.8. The van der Waals surface area contributed by atoms with Crippen LogP contribution in [0, 0.1) is 12.7 Å². The zero-order valence-corrected chi connectivity index (χ0v) is 10.3. The lowest BCUT2D eigenvalue weighted by Crippen LogP contribution is -2.03. The number of pyridine rings is 1. The molecule has 0 bridgehead atoms. The molecule has 0 aliphatic heterocycles. The van der Waals surface area contributed by atoms with Crippen molar-refractivity contribution in [3.05, 3.63) is 59.2 Å². The van der Waals surface area contributed by atoms with E-state index in [1.807, 2.05) is 19.1 Å². The third-order valence-electron chi connectivity index (χ3n) is 2.61. The molecular weight excluding hydrogens is 249 g/mol. The molecule has 0 spiro atoms. The van der Waals surface area contributed by atoms with Gasteiger partial charge in [-0.2, -0.15) is 0 Å². The lowest BCUT2D eigenvalue weighted by molar-refractivity contribution is 0.0695. The van der Waals surface area contributed by atoms with Gasteiger partial charge >= 0.3 is 5.97 Å². The molecule has 1 aromatic carbocycles. The number of halogens is 1. The average molecular weight is 261 g/mol. The Bertz CT molecular complexity index is 613. The molecule has 0 saturated carbocycles. The van der Waals surface area contributed by atoms with Crippen LogP contribution >= 0.6 is 0 Å². The van der Waals surface area contributed by atoms with Gasteiger partial charge in [0.2, 0.25) is 0 Å². The largest absolute Gasteiger partial charge is 0.487 e. The summed E-state index contributed by atoms with van der Waals surface area (Å²) in [6, 6.07) is 7.07. The summed E-state index contributed by atoms with van der Waals surface area (Å²) in [7, 11) is 0. The number of aromatic nitrogens is 1. The first kappa shape index (κ1) is 13.0. The Morgan fingerprint density at radius 2 is 2.21 bits per heavy atom. The summed E-state index contributed by atoms with van der Waals surface area (Å²) < 4.78 is 18.6. The summed E-state index contributed by atoms with van der Waals surface area (Å²) in [5.41, 5.74) is 1.54. The Morgan fingerprint density at radius 3 is 2.89 bits per heavy atom. The van der Waals surface area contributed by atoms with Crippen LogP contribution in [-0.4, -0.2) is 16.1 Å². The van der Waals surface area contributed by atoms with Crippen molar-refractivity contribution in [1.29, 1.82) is 0 Å². The minimum atomic E-state index is -1.20. The first-order chi connectivity index (χ1) is 9.06. The second kappa shape index (κ2) is 5.48. The van der Waals surface area contributed by atoms with Gasteiger partial charge in [0.25, 0.3) is 0 Å². The van der Waals surface area contributed by atoms with E-state index in [1.54, 1.807) is 6.20 Å². The van der Waals surface area contributed by atoms with E-state index in [9.17, 15) is 9.18 Å². The van der Waals surface area contributed by atoms with Crippen molar-refractivity contribution in [1.82, 2.24) is 4.98 Å². The highest BCUT2D eigenvalue weighted by atomic mass is 19.1. The molecule has 0 atom stereocenters. The van der Waals surface area contributed by atoms with Crippen LogP contribution in [-0.2, 0) is 6.61 Å². The molecule has 0 amide bonds. The fourth-order valence-electron chi connectivity index (χ4n) is 1.59. The third kappa shape index (κ3) is 3.28. The number of rotatable bonds is 4. The summed E-state index contributed by atoms with van der Waals surface area (Å²) in [6.07, 6.45) is 1.64. The van der Waals surface area contributed by atoms with E-state index < -0.39 is 11.8 Å². The van der Waals surface area contributed by atoms with Crippen LogP contribution in [0.3, 0.4) is 0 Å². The fraction of sp³-hybridized carbons (Fsp3) is 0.143. The van der Waals surface area contributed by atoms with Crippen molar-refractivity contribution in [3.8, 4) is 5.75 Å². The molecule has 1 N–H and O–H groups in total. The third-order valence-corrected chi connectivity index (χ3v) is 2.61. The number of carbonyl (C=O) groups is 1. The Balaban J connectivity index is 2.16. The number of benzene rings is 1. The van der Waals surface area contributed by atoms with E-state index in [0.29, 0.717) is 0 Å². The number of hydrogen-bond donors (Lipinski definition) is 1. The molecule has 2 rings (SSSR count). The maximum atomic E-state index is 13.2. The molecule has 1 aromatic heterocycles. The number of carboxylic acids is 1. The molecule has 0 radical (unpaired) electrons. The van der Waals surface area contributed by atoms with Crippen LogP contribution < -0.4 is 4.74 Å². The molecule has 4 nitrogen and oxygen atoms in total. The summed E-state index contributed by atoms with van der Waals surface area (Å²) in [6.45, 7) is 2.05. The van der Waals surface area contributed by atoms with Gasteiger partial charge in [0.15, 0.2) is 0 Å². The van der Waals surface area contributed by atoms with Gasteiger partial charge in [-0.3, -0.25) is 4.98 Å². The van der Waals surface area contributed by atoms with Crippen LogP contribution in [0.1, 0.15) is 21.6 Å². The normalized spacial score (nSPS) is 10.2. The van der Waals surface area contributed by atoms with Gasteiger partial charge in [0, 0.05) is 12.3 Å². The van der Waals surface area contributed by atoms with Crippen molar-refractivity contribution in [3.63, 3.8) is 0 Å². The van der Waals surface area contributed by atoms with Crippen LogP contribution in [0.5, 0.6) is 5.75 Å². The highest BCUT2D eigenvalue weighted by molar-refractivity contribution is 5.88. The van der Waals surface area contributed by atoms with Gasteiger partial charge in [-0.15, -0.1) is 0 Å². The van der Waals surface area contributed by atoms with E-state index in [0.717, 1.165) is 23.4 Å². The first-order valence-electron chi connectivity index (χ1n) is 5.63. The van der Waals surface area contributed by atoms with Gasteiger partial charge in [-0.25, -0.2) is 9.18 Å². The first-order valence-corrected chi connectivity index (χ1v) is 5.63. The summed E-state index contributed by atoms with van der Waals surface area (Å²) in [5, 5.41) is 8.83. The maximum Gasteiger partial charge on any atom is 0.335 e. The molecule has 0 unspecified atom stereocenters. The van der Waals surface area contributed by atoms with Crippen LogP contribution in [0.25, 0.3) is 0 Å². The molecule has 0 saturated heterocycles. The molecule has 0 aliphatic carbocycles. The predicted molar refractivity (Wildman–Crippen MR) is 66.7 cm³/mol. The smallest absolute Gasteiger partial charge is 0.335 e. The number of ether oxygens (including phenoxy) is 1. The van der Waals surface area contributed by atoms with Crippen molar-refractivity contribution in [2.24, 2.45) is 0 Å².